The number of hydrogen-bond acceptors (Lipinski definition) is 3. The number of carbonyl (C=O) groups excluding carboxylic acids is 1. The van der Waals surface area contributed by atoms with Gasteiger partial charge in [0.05, 0.1) is 5.71 Å². The van der Waals surface area contributed by atoms with Gasteiger partial charge in [0.2, 0.25) is 0 Å². The van der Waals surface area contributed by atoms with Gasteiger partial charge in [0, 0.05) is 0 Å². The van der Waals surface area contributed by atoms with Crippen molar-refractivity contribution >= 4 is 11.7 Å². The van der Waals surface area contributed by atoms with Crippen LogP contribution in [-0.4, -0.2) is 22.5 Å². The first-order chi connectivity index (χ1) is 6.42. The van der Waals surface area contributed by atoms with Crippen LogP contribution in [0, 0.1) is 5.92 Å². The summed E-state index contributed by atoms with van der Waals surface area (Å²) in [4.78, 5) is 10.4. The molecule has 14 heavy (non-hydrogen) atoms. The fourth-order valence-corrected chi connectivity index (χ4v) is 1.85. The number of primary amides is 1. The number of amides is 2. The average Bonchev–Trinajstić information content (AvgIpc) is 2.00. The highest BCUT2D eigenvalue weighted by atomic mass is 16.3. The van der Waals surface area contributed by atoms with Crippen LogP contribution in [0.4, 0.5) is 4.79 Å². The standard InChI is InChI=1S/C9H17N3O2/c1-6-3-4-7(9(2,14)5-6)11-12-8(10)13/h6,14H,3-5H2,1-2H3,(H3,10,12,13)/b11-7+. The van der Waals surface area contributed by atoms with Crippen molar-refractivity contribution in [2.45, 2.75) is 38.7 Å². The molecule has 5 nitrogen and oxygen atoms in total. The zero-order chi connectivity index (χ0) is 10.8. The molecule has 0 radical (unpaired) electrons. The fourth-order valence-electron chi connectivity index (χ4n) is 1.85. The fraction of sp³-hybridized carbons (Fsp3) is 0.778. The number of hydrazone groups is 1. The lowest BCUT2D eigenvalue weighted by molar-refractivity contribution is 0.0892. The van der Waals surface area contributed by atoms with Gasteiger partial charge >= 0.3 is 6.03 Å². The van der Waals surface area contributed by atoms with E-state index < -0.39 is 11.6 Å². The van der Waals surface area contributed by atoms with Crippen LogP contribution in [0.5, 0.6) is 0 Å². The number of rotatable bonds is 1. The molecule has 0 spiro atoms. The van der Waals surface area contributed by atoms with Crippen LogP contribution in [0.1, 0.15) is 33.1 Å². The van der Waals surface area contributed by atoms with Gasteiger partial charge in [0.1, 0.15) is 5.60 Å². The van der Waals surface area contributed by atoms with E-state index in [2.05, 4.69) is 17.5 Å². The SMILES string of the molecule is CC1CC/C(=N\NC(N)=O)C(C)(O)C1. The van der Waals surface area contributed by atoms with E-state index in [4.69, 9.17) is 5.73 Å². The van der Waals surface area contributed by atoms with Crippen LogP contribution >= 0.6 is 0 Å². The number of carbonyl (C=O) groups is 1. The summed E-state index contributed by atoms with van der Waals surface area (Å²) in [7, 11) is 0. The molecule has 5 heteroatoms. The molecule has 0 aromatic rings. The van der Waals surface area contributed by atoms with E-state index in [1.807, 2.05) is 0 Å². The van der Waals surface area contributed by atoms with Crippen molar-refractivity contribution in [3.8, 4) is 0 Å². The lowest BCUT2D eigenvalue weighted by atomic mass is 9.79. The van der Waals surface area contributed by atoms with Gasteiger partial charge < -0.3 is 10.8 Å². The molecule has 1 rings (SSSR count). The highest BCUT2D eigenvalue weighted by molar-refractivity contribution is 5.93. The first-order valence-electron chi connectivity index (χ1n) is 4.76. The Morgan fingerprint density at radius 1 is 1.79 bits per heavy atom. The Morgan fingerprint density at radius 2 is 2.43 bits per heavy atom. The Labute approximate surface area is 83.4 Å². The summed E-state index contributed by atoms with van der Waals surface area (Å²) in [5.41, 5.74) is 6.73. The van der Waals surface area contributed by atoms with Gasteiger partial charge in [0.25, 0.3) is 0 Å². The Bertz CT molecular complexity index is 261. The third-order valence-corrected chi connectivity index (χ3v) is 2.54. The maximum atomic E-state index is 10.4. The Balaban J connectivity index is 2.68. The number of hydrogen-bond donors (Lipinski definition) is 3. The summed E-state index contributed by atoms with van der Waals surface area (Å²) in [5.74, 6) is 0.484. The molecule has 1 aliphatic rings. The van der Waals surface area contributed by atoms with Crippen LogP contribution in [0.15, 0.2) is 5.10 Å². The number of nitrogens with two attached hydrogens (primary N) is 1. The van der Waals surface area contributed by atoms with Gasteiger partial charge in [-0.05, 0) is 32.1 Å². The number of urea groups is 1. The van der Waals surface area contributed by atoms with E-state index in [-0.39, 0.29) is 0 Å². The zero-order valence-electron chi connectivity index (χ0n) is 8.58. The smallest absolute Gasteiger partial charge is 0.332 e. The van der Waals surface area contributed by atoms with E-state index in [1.165, 1.54) is 0 Å². The molecule has 0 saturated heterocycles. The first-order valence-corrected chi connectivity index (χ1v) is 4.76. The quantitative estimate of drug-likeness (QED) is 0.539. The second-order valence-electron chi connectivity index (χ2n) is 4.16. The van der Waals surface area contributed by atoms with Gasteiger partial charge in [-0.3, -0.25) is 0 Å². The summed E-state index contributed by atoms with van der Waals surface area (Å²) in [6.07, 6.45) is 2.36. The first kappa shape index (κ1) is 11.0. The monoisotopic (exact) mass is 199 g/mol. The number of nitrogens with zero attached hydrogens (tertiary/aromatic N) is 1. The summed E-state index contributed by atoms with van der Waals surface area (Å²) < 4.78 is 0. The van der Waals surface area contributed by atoms with Crippen molar-refractivity contribution in [1.82, 2.24) is 5.43 Å². The summed E-state index contributed by atoms with van der Waals surface area (Å²) in [6, 6.07) is -0.702. The molecule has 1 fully saturated rings. The van der Waals surface area contributed by atoms with Crippen LogP contribution in [-0.2, 0) is 0 Å². The maximum absolute atomic E-state index is 10.4. The largest absolute Gasteiger partial charge is 0.384 e. The van der Waals surface area contributed by atoms with Crippen molar-refractivity contribution in [1.29, 1.82) is 0 Å². The molecule has 2 atom stereocenters. The third-order valence-electron chi connectivity index (χ3n) is 2.54. The third kappa shape index (κ3) is 2.70. The minimum atomic E-state index is -0.917. The average molecular weight is 199 g/mol. The Kier molecular flexibility index (Phi) is 3.10. The predicted octanol–water partition coefficient (Wildman–Crippen LogP) is 0.582. The van der Waals surface area contributed by atoms with Crippen molar-refractivity contribution in [2.75, 3.05) is 0 Å². The zero-order valence-corrected chi connectivity index (χ0v) is 8.58. The normalized spacial score (nSPS) is 35.6. The van der Waals surface area contributed by atoms with Crippen LogP contribution in [0.2, 0.25) is 0 Å². The van der Waals surface area contributed by atoms with Crippen molar-refractivity contribution < 1.29 is 9.90 Å². The molecule has 2 amide bonds. The molecule has 0 heterocycles. The van der Waals surface area contributed by atoms with Gasteiger partial charge in [-0.2, -0.15) is 5.10 Å². The Morgan fingerprint density at radius 3 is 2.93 bits per heavy atom. The van der Waals surface area contributed by atoms with E-state index in [0.29, 0.717) is 24.5 Å². The maximum Gasteiger partial charge on any atom is 0.332 e. The minimum Gasteiger partial charge on any atom is -0.384 e. The topological polar surface area (TPSA) is 87.7 Å². The number of nitrogens with one attached hydrogen (secondary N) is 1. The molecular weight excluding hydrogens is 182 g/mol. The van der Waals surface area contributed by atoms with Gasteiger partial charge in [-0.25, -0.2) is 10.2 Å². The molecule has 1 saturated carbocycles. The molecule has 80 valence electrons. The minimum absolute atomic E-state index is 0.484. The molecule has 2 unspecified atom stereocenters. The van der Waals surface area contributed by atoms with Crippen molar-refractivity contribution in [3.63, 3.8) is 0 Å². The van der Waals surface area contributed by atoms with Crippen molar-refractivity contribution in [2.24, 2.45) is 16.8 Å². The predicted molar refractivity (Wildman–Crippen MR) is 53.8 cm³/mol. The second-order valence-corrected chi connectivity index (χ2v) is 4.16. The molecule has 0 aromatic heterocycles. The van der Waals surface area contributed by atoms with Gasteiger partial charge in [-0.1, -0.05) is 6.92 Å². The lowest BCUT2D eigenvalue weighted by Gasteiger charge is -2.33. The van der Waals surface area contributed by atoms with Crippen LogP contribution in [0.3, 0.4) is 0 Å². The molecule has 0 aromatic carbocycles. The van der Waals surface area contributed by atoms with Crippen LogP contribution < -0.4 is 11.2 Å². The molecule has 4 N–H and O–H groups in total. The summed E-state index contributed by atoms with van der Waals surface area (Å²) in [5, 5.41) is 13.8. The number of aliphatic hydroxyl groups is 1. The van der Waals surface area contributed by atoms with Crippen LogP contribution in [0.25, 0.3) is 0 Å². The summed E-state index contributed by atoms with van der Waals surface area (Å²) in [6.45, 7) is 3.80. The highest BCUT2D eigenvalue weighted by Crippen LogP contribution is 2.29. The Hall–Kier alpha value is -1.10. The van der Waals surface area contributed by atoms with Gasteiger partial charge in [-0.15, -0.1) is 0 Å². The van der Waals surface area contributed by atoms with Gasteiger partial charge in [0.15, 0.2) is 0 Å². The van der Waals surface area contributed by atoms with E-state index >= 15 is 0 Å². The molecule has 1 aliphatic carbocycles. The van der Waals surface area contributed by atoms with E-state index in [9.17, 15) is 9.90 Å². The lowest BCUT2D eigenvalue weighted by Crippen LogP contribution is -2.42. The molecule has 0 aliphatic heterocycles. The van der Waals surface area contributed by atoms with E-state index in [0.717, 1.165) is 6.42 Å². The highest BCUT2D eigenvalue weighted by Gasteiger charge is 2.34. The second kappa shape index (κ2) is 3.96. The van der Waals surface area contributed by atoms with E-state index in [1.54, 1.807) is 6.92 Å². The summed E-state index contributed by atoms with van der Waals surface area (Å²) >= 11 is 0. The molecule has 0 bridgehead atoms. The molecular formula is C9H17N3O2. The van der Waals surface area contributed by atoms with Crippen molar-refractivity contribution in [3.05, 3.63) is 0 Å².